The minimum absolute atomic E-state index is 0.0559. The molecule has 2 rings (SSSR count). The normalized spacial score (nSPS) is 10.3. The van der Waals surface area contributed by atoms with Crippen molar-refractivity contribution in [3.8, 4) is 0 Å². The molecule has 1 aromatic heterocycles. The zero-order chi connectivity index (χ0) is 12.8. The number of carbonyl (C=O) groups is 1. The molecule has 1 heterocycles. The Kier molecular flexibility index (Phi) is 4.84. The Labute approximate surface area is 115 Å². The SMILES string of the molecule is Cc1ccc(NC(=O)CSCc2cccs2)cc1. The van der Waals surface area contributed by atoms with Crippen LogP contribution in [0.4, 0.5) is 5.69 Å². The second-order valence-electron chi connectivity index (χ2n) is 3.99. The third-order valence-electron chi connectivity index (χ3n) is 2.39. The number of nitrogens with one attached hydrogen (secondary N) is 1. The molecule has 18 heavy (non-hydrogen) atoms. The number of thiophene rings is 1. The Balaban J connectivity index is 1.73. The molecule has 1 N–H and O–H groups in total. The highest BCUT2D eigenvalue weighted by Crippen LogP contribution is 2.17. The number of hydrogen-bond acceptors (Lipinski definition) is 3. The summed E-state index contributed by atoms with van der Waals surface area (Å²) >= 11 is 3.37. The summed E-state index contributed by atoms with van der Waals surface area (Å²) in [5.74, 6) is 1.45. The van der Waals surface area contributed by atoms with Crippen LogP contribution in [0, 0.1) is 6.92 Å². The van der Waals surface area contributed by atoms with Gasteiger partial charge < -0.3 is 5.32 Å². The maximum atomic E-state index is 11.7. The van der Waals surface area contributed by atoms with Crippen molar-refractivity contribution in [1.29, 1.82) is 0 Å². The standard InChI is InChI=1S/C14H15NOS2/c1-11-4-6-12(7-5-11)15-14(16)10-17-9-13-3-2-8-18-13/h2-8H,9-10H2,1H3,(H,15,16). The van der Waals surface area contributed by atoms with E-state index in [0.29, 0.717) is 5.75 Å². The Morgan fingerprint density at radius 3 is 2.72 bits per heavy atom. The molecule has 0 spiro atoms. The van der Waals surface area contributed by atoms with Gasteiger partial charge in [-0.25, -0.2) is 0 Å². The maximum Gasteiger partial charge on any atom is 0.234 e. The molecule has 0 aliphatic heterocycles. The summed E-state index contributed by atoms with van der Waals surface area (Å²) in [6.07, 6.45) is 0. The van der Waals surface area contributed by atoms with Gasteiger partial charge >= 0.3 is 0 Å². The van der Waals surface area contributed by atoms with E-state index in [9.17, 15) is 4.79 Å². The summed E-state index contributed by atoms with van der Waals surface area (Å²) in [4.78, 5) is 13.0. The van der Waals surface area contributed by atoms with Gasteiger partial charge in [0.2, 0.25) is 5.91 Å². The number of carbonyl (C=O) groups excluding carboxylic acids is 1. The monoisotopic (exact) mass is 277 g/mol. The lowest BCUT2D eigenvalue weighted by atomic mass is 10.2. The van der Waals surface area contributed by atoms with Crippen LogP contribution in [0.1, 0.15) is 10.4 Å². The van der Waals surface area contributed by atoms with Gasteiger partial charge in [-0.3, -0.25) is 4.79 Å². The van der Waals surface area contributed by atoms with E-state index in [1.54, 1.807) is 23.1 Å². The Bertz CT molecular complexity index is 491. The fourth-order valence-electron chi connectivity index (χ4n) is 1.47. The molecule has 0 unspecified atom stereocenters. The first kappa shape index (κ1) is 13.2. The lowest BCUT2D eigenvalue weighted by molar-refractivity contribution is -0.113. The molecule has 1 aromatic carbocycles. The van der Waals surface area contributed by atoms with Crippen LogP contribution in [-0.4, -0.2) is 11.7 Å². The van der Waals surface area contributed by atoms with Gasteiger partial charge in [-0.1, -0.05) is 23.8 Å². The first-order valence-corrected chi connectivity index (χ1v) is 7.74. The van der Waals surface area contributed by atoms with Crippen LogP contribution < -0.4 is 5.32 Å². The van der Waals surface area contributed by atoms with Gasteiger partial charge in [0.15, 0.2) is 0 Å². The molecule has 0 bridgehead atoms. The largest absolute Gasteiger partial charge is 0.325 e. The van der Waals surface area contributed by atoms with Crippen LogP contribution in [0.5, 0.6) is 0 Å². The molecular formula is C14H15NOS2. The number of amides is 1. The van der Waals surface area contributed by atoms with Crippen molar-refractivity contribution < 1.29 is 4.79 Å². The van der Waals surface area contributed by atoms with Gasteiger partial charge in [-0.05, 0) is 30.5 Å². The fraction of sp³-hybridized carbons (Fsp3) is 0.214. The number of hydrogen-bond donors (Lipinski definition) is 1. The van der Waals surface area contributed by atoms with Crippen LogP contribution in [0.25, 0.3) is 0 Å². The molecule has 4 heteroatoms. The van der Waals surface area contributed by atoms with E-state index in [1.165, 1.54) is 10.4 Å². The zero-order valence-electron chi connectivity index (χ0n) is 10.2. The predicted molar refractivity (Wildman–Crippen MR) is 80.3 cm³/mol. The van der Waals surface area contributed by atoms with E-state index < -0.39 is 0 Å². The smallest absolute Gasteiger partial charge is 0.234 e. The average molecular weight is 277 g/mol. The topological polar surface area (TPSA) is 29.1 Å². The van der Waals surface area contributed by atoms with Gasteiger partial charge in [0.05, 0.1) is 5.75 Å². The van der Waals surface area contributed by atoms with Crippen molar-refractivity contribution in [1.82, 2.24) is 0 Å². The van der Waals surface area contributed by atoms with E-state index in [4.69, 9.17) is 0 Å². The van der Waals surface area contributed by atoms with Crippen LogP contribution in [0.3, 0.4) is 0 Å². The Morgan fingerprint density at radius 2 is 2.06 bits per heavy atom. The number of anilines is 1. The molecule has 94 valence electrons. The van der Waals surface area contributed by atoms with Gasteiger partial charge in [0.25, 0.3) is 0 Å². The lowest BCUT2D eigenvalue weighted by Gasteiger charge is -2.05. The van der Waals surface area contributed by atoms with Crippen molar-refractivity contribution in [2.24, 2.45) is 0 Å². The molecule has 0 aliphatic rings. The van der Waals surface area contributed by atoms with Crippen molar-refractivity contribution in [3.63, 3.8) is 0 Å². The van der Waals surface area contributed by atoms with Gasteiger partial charge in [-0.2, -0.15) is 0 Å². The third-order valence-corrected chi connectivity index (χ3v) is 4.43. The number of thioether (sulfide) groups is 1. The summed E-state index contributed by atoms with van der Waals surface area (Å²) in [6, 6.07) is 12.0. The summed E-state index contributed by atoms with van der Waals surface area (Å²) < 4.78 is 0. The molecule has 0 fully saturated rings. The molecule has 0 atom stereocenters. The predicted octanol–water partition coefficient (Wildman–Crippen LogP) is 3.93. The first-order chi connectivity index (χ1) is 8.74. The zero-order valence-corrected chi connectivity index (χ0v) is 11.8. The molecular weight excluding hydrogens is 262 g/mol. The third kappa shape index (κ3) is 4.20. The molecule has 0 saturated heterocycles. The molecule has 1 amide bonds. The number of aryl methyl sites for hydroxylation is 1. The van der Waals surface area contributed by atoms with Crippen molar-refractivity contribution in [2.45, 2.75) is 12.7 Å². The van der Waals surface area contributed by atoms with Crippen molar-refractivity contribution in [3.05, 3.63) is 52.2 Å². The molecule has 0 aliphatic carbocycles. The van der Waals surface area contributed by atoms with Crippen LogP contribution in [0.2, 0.25) is 0 Å². The Hall–Kier alpha value is -1.26. The first-order valence-electron chi connectivity index (χ1n) is 5.71. The van der Waals surface area contributed by atoms with Crippen LogP contribution >= 0.6 is 23.1 Å². The van der Waals surface area contributed by atoms with Crippen molar-refractivity contribution in [2.75, 3.05) is 11.1 Å². The van der Waals surface area contributed by atoms with E-state index >= 15 is 0 Å². The fourth-order valence-corrected chi connectivity index (χ4v) is 3.14. The minimum Gasteiger partial charge on any atom is -0.325 e. The maximum absolute atomic E-state index is 11.7. The molecule has 2 aromatic rings. The molecule has 0 radical (unpaired) electrons. The van der Waals surface area contributed by atoms with E-state index in [2.05, 4.69) is 16.8 Å². The van der Waals surface area contributed by atoms with E-state index in [-0.39, 0.29) is 5.91 Å². The lowest BCUT2D eigenvalue weighted by Crippen LogP contribution is -2.13. The van der Waals surface area contributed by atoms with Crippen molar-refractivity contribution >= 4 is 34.7 Å². The van der Waals surface area contributed by atoms with Crippen LogP contribution in [-0.2, 0) is 10.5 Å². The van der Waals surface area contributed by atoms with E-state index in [1.807, 2.05) is 37.3 Å². The van der Waals surface area contributed by atoms with Gasteiger partial charge in [0.1, 0.15) is 0 Å². The second kappa shape index (κ2) is 6.61. The van der Waals surface area contributed by atoms with E-state index in [0.717, 1.165) is 11.4 Å². The summed E-state index contributed by atoms with van der Waals surface area (Å²) in [5, 5.41) is 4.95. The van der Waals surface area contributed by atoms with Gasteiger partial charge in [-0.15, -0.1) is 23.1 Å². The quantitative estimate of drug-likeness (QED) is 0.897. The highest BCUT2D eigenvalue weighted by atomic mass is 32.2. The van der Waals surface area contributed by atoms with Gasteiger partial charge in [0, 0.05) is 16.3 Å². The summed E-state index contributed by atoms with van der Waals surface area (Å²) in [6.45, 7) is 2.03. The molecule has 2 nitrogen and oxygen atoms in total. The summed E-state index contributed by atoms with van der Waals surface area (Å²) in [7, 11) is 0. The average Bonchev–Trinajstić information content (AvgIpc) is 2.85. The number of benzene rings is 1. The minimum atomic E-state index is 0.0559. The summed E-state index contributed by atoms with van der Waals surface area (Å²) in [5.41, 5.74) is 2.06. The Morgan fingerprint density at radius 1 is 1.28 bits per heavy atom. The highest BCUT2D eigenvalue weighted by Gasteiger charge is 2.03. The highest BCUT2D eigenvalue weighted by molar-refractivity contribution is 7.99. The molecule has 0 saturated carbocycles. The second-order valence-corrected chi connectivity index (χ2v) is 6.00. The number of rotatable bonds is 5. The van der Waals surface area contributed by atoms with Crippen LogP contribution in [0.15, 0.2) is 41.8 Å².